The molecule has 0 aromatic heterocycles. The van der Waals surface area contributed by atoms with Crippen molar-refractivity contribution in [1.82, 2.24) is 9.80 Å². The molecule has 0 N–H and O–H groups in total. The number of ether oxygens (including phenoxy) is 1. The van der Waals surface area contributed by atoms with Crippen LogP contribution < -0.4 is 0 Å². The molecule has 1 atom stereocenters. The van der Waals surface area contributed by atoms with Crippen molar-refractivity contribution >= 4 is 35.2 Å². The maximum Gasteiger partial charge on any atom is 0.410 e. The van der Waals surface area contributed by atoms with E-state index in [1.807, 2.05) is 33.8 Å². The lowest BCUT2D eigenvalue weighted by atomic mass is 9.96. The smallest absolute Gasteiger partial charge is 0.410 e. The number of carbonyl (C=O) groups excluding carboxylic acids is 2. The zero-order valence-electron chi connectivity index (χ0n) is 16.4. The van der Waals surface area contributed by atoms with E-state index in [4.69, 9.17) is 27.9 Å². The molecule has 1 aromatic rings. The van der Waals surface area contributed by atoms with E-state index in [1.165, 1.54) is 0 Å². The fourth-order valence-corrected chi connectivity index (χ4v) is 3.60. The molecule has 1 aromatic carbocycles. The molecule has 0 bridgehead atoms. The quantitative estimate of drug-likeness (QED) is 0.696. The Morgan fingerprint density at radius 1 is 1.30 bits per heavy atom. The zero-order chi connectivity index (χ0) is 20.2. The fourth-order valence-electron chi connectivity index (χ4n) is 3.13. The summed E-state index contributed by atoms with van der Waals surface area (Å²) in [6, 6.07) is 5.29. The third kappa shape index (κ3) is 6.28. The molecule has 0 saturated carbocycles. The van der Waals surface area contributed by atoms with Crippen LogP contribution >= 0.6 is 23.2 Å². The van der Waals surface area contributed by atoms with Crippen LogP contribution in [0.2, 0.25) is 10.0 Å². The molecule has 150 valence electrons. The Bertz CT molecular complexity index is 688. The second kappa shape index (κ2) is 9.16. The third-order valence-electron chi connectivity index (χ3n) is 4.49. The second-order valence-corrected chi connectivity index (χ2v) is 8.70. The second-order valence-electron chi connectivity index (χ2n) is 7.85. The van der Waals surface area contributed by atoms with Gasteiger partial charge in [0.15, 0.2) is 0 Å². The Balaban J connectivity index is 2.04. The van der Waals surface area contributed by atoms with E-state index >= 15 is 0 Å². The van der Waals surface area contributed by atoms with Gasteiger partial charge in [-0.15, -0.1) is 0 Å². The van der Waals surface area contributed by atoms with Crippen molar-refractivity contribution in [3.05, 3.63) is 33.8 Å². The highest BCUT2D eigenvalue weighted by Gasteiger charge is 2.33. The van der Waals surface area contributed by atoms with Crippen molar-refractivity contribution < 1.29 is 14.3 Å². The van der Waals surface area contributed by atoms with Gasteiger partial charge in [0, 0.05) is 36.2 Å². The van der Waals surface area contributed by atoms with Gasteiger partial charge in [-0.05, 0) is 58.2 Å². The van der Waals surface area contributed by atoms with Crippen LogP contribution in [0.15, 0.2) is 18.2 Å². The number of amides is 2. The zero-order valence-corrected chi connectivity index (χ0v) is 17.9. The molecule has 0 aliphatic carbocycles. The predicted molar refractivity (Wildman–Crippen MR) is 108 cm³/mol. The molecule has 1 fully saturated rings. The van der Waals surface area contributed by atoms with Crippen LogP contribution in [0, 0.1) is 5.92 Å². The van der Waals surface area contributed by atoms with Gasteiger partial charge in [-0.3, -0.25) is 4.79 Å². The molecular weight excluding hydrogens is 387 g/mol. The summed E-state index contributed by atoms with van der Waals surface area (Å²) < 4.78 is 5.45. The summed E-state index contributed by atoms with van der Waals surface area (Å²) in [6.07, 6.45) is 1.20. The summed E-state index contributed by atoms with van der Waals surface area (Å²) in [5.41, 5.74) is 0.311. The molecule has 27 heavy (non-hydrogen) atoms. The van der Waals surface area contributed by atoms with Gasteiger partial charge in [0.25, 0.3) is 0 Å². The minimum Gasteiger partial charge on any atom is -0.444 e. The number of carbonyl (C=O) groups is 2. The first-order valence-electron chi connectivity index (χ1n) is 9.31. The highest BCUT2D eigenvalue weighted by molar-refractivity contribution is 6.35. The number of nitrogens with zero attached hydrogens (tertiary/aromatic N) is 2. The molecule has 1 heterocycles. The Hall–Kier alpha value is -1.46. The lowest BCUT2D eigenvalue weighted by Crippen LogP contribution is -2.47. The number of benzene rings is 1. The van der Waals surface area contributed by atoms with Gasteiger partial charge < -0.3 is 14.5 Å². The summed E-state index contributed by atoms with van der Waals surface area (Å²) in [5, 5.41) is 1.12. The highest BCUT2D eigenvalue weighted by atomic mass is 35.5. The molecule has 1 unspecified atom stereocenters. The summed E-state index contributed by atoms with van der Waals surface area (Å²) in [5.74, 6) is -0.186. The molecule has 5 nitrogen and oxygen atoms in total. The summed E-state index contributed by atoms with van der Waals surface area (Å²) >= 11 is 12.2. The number of likely N-dealkylation sites (tertiary alicyclic amines) is 1. The Morgan fingerprint density at radius 3 is 2.59 bits per heavy atom. The average molecular weight is 415 g/mol. The third-order valence-corrected chi connectivity index (χ3v) is 5.08. The molecule has 1 aliphatic heterocycles. The normalized spacial score (nSPS) is 17.6. The van der Waals surface area contributed by atoms with E-state index in [9.17, 15) is 9.59 Å². The first kappa shape index (κ1) is 21.8. The van der Waals surface area contributed by atoms with Crippen LogP contribution in [0.3, 0.4) is 0 Å². The maximum atomic E-state index is 13.0. The number of hydrogen-bond acceptors (Lipinski definition) is 3. The van der Waals surface area contributed by atoms with Gasteiger partial charge in [-0.25, -0.2) is 4.79 Å². The van der Waals surface area contributed by atoms with Gasteiger partial charge in [-0.2, -0.15) is 0 Å². The number of piperidine rings is 1. The van der Waals surface area contributed by atoms with Gasteiger partial charge in [-0.1, -0.05) is 29.3 Å². The van der Waals surface area contributed by atoms with Crippen molar-refractivity contribution in [2.24, 2.45) is 5.92 Å². The van der Waals surface area contributed by atoms with Crippen LogP contribution in [-0.2, 0) is 16.1 Å². The molecule has 0 radical (unpaired) electrons. The van der Waals surface area contributed by atoms with Crippen molar-refractivity contribution in [3.63, 3.8) is 0 Å². The van der Waals surface area contributed by atoms with Crippen molar-refractivity contribution in [2.75, 3.05) is 19.6 Å². The van der Waals surface area contributed by atoms with Gasteiger partial charge >= 0.3 is 6.09 Å². The van der Waals surface area contributed by atoms with Crippen molar-refractivity contribution in [2.45, 2.75) is 52.7 Å². The molecule has 2 amide bonds. The van der Waals surface area contributed by atoms with E-state index in [2.05, 4.69) is 0 Å². The Morgan fingerprint density at radius 2 is 2.00 bits per heavy atom. The maximum absolute atomic E-state index is 13.0. The van der Waals surface area contributed by atoms with Crippen LogP contribution in [-0.4, -0.2) is 47.0 Å². The van der Waals surface area contributed by atoms with E-state index in [1.54, 1.807) is 21.9 Å². The topological polar surface area (TPSA) is 49.9 Å². The van der Waals surface area contributed by atoms with Crippen LogP contribution in [0.5, 0.6) is 0 Å². The minimum absolute atomic E-state index is 0.0387. The van der Waals surface area contributed by atoms with Gasteiger partial charge in [0.1, 0.15) is 5.60 Å². The number of halogens is 2. The largest absolute Gasteiger partial charge is 0.444 e. The summed E-state index contributed by atoms with van der Waals surface area (Å²) in [6.45, 7) is 9.46. The summed E-state index contributed by atoms with van der Waals surface area (Å²) in [4.78, 5) is 28.8. The predicted octanol–water partition coefficient (Wildman–Crippen LogP) is 4.99. The summed E-state index contributed by atoms with van der Waals surface area (Å²) in [7, 11) is 0. The van der Waals surface area contributed by atoms with Crippen LogP contribution in [0.25, 0.3) is 0 Å². The average Bonchev–Trinajstić information content (AvgIpc) is 2.59. The number of rotatable bonds is 4. The molecular formula is C20H28Cl2N2O3. The Kier molecular flexibility index (Phi) is 7.40. The monoisotopic (exact) mass is 414 g/mol. The van der Waals surface area contributed by atoms with Gasteiger partial charge in [0.2, 0.25) is 5.91 Å². The fraction of sp³-hybridized carbons (Fsp3) is 0.600. The van der Waals surface area contributed by atoms with E-state index in [0.717, 1.165) is 18.4 Å². The molecule has 7 heteroatoms. The lowest BCUT2D eigenvalue weighted by molar-refractivity contribution is -0.137. The minimum atomic E-state index is -0.547. The molecule has 1 saturated heterocycles. The molecule has 2 rings (SSSR count). The van der Waals surface area contributed by atoms with Crippen molar-refractivity contribution in [3.8, 4) is 0 Å². The van der Waals surface area contributed by atoms with E-state index in [-0.39, 0.29) is 17.9 Å². The first-order valence-corrected chi connectivity index (χ1v) is 10.1. The Labute approximate surface area is 171 Å². The van der Waals surface area contributed by atoms with Crippen LogP contribution in [0.1, 0.15) is 46.1 Å². The van der Waals surface area contributed by atoms with Gasteiger partial charge in [0.05, 0.1) is 5.92 Å². The van der Waals surface area contributed by atoms with E-state index < -0.39 is 5.60 Å². The van der Waals surface area contributed by atoms with Crippen LogP contribution in [0.4, 0.5) is 4.79 Å². The molecule has 0 spiro atoms. The SMILES string of the molecule is CCN(Cc1ccc(Cl)cc1Cl)C(=O)C1CCCN(C(=O)OC(C)(C)C)C1. The highest BCUT2D eigenvalue weighted by Crippen LogP contribution is 2.25. The molecule has 1 aliphatic rings. The first-order chi connectivity index (χ1) is 12.6. The number of hydrogen-bond donors (Lipinski definition) is 0. The van der Waals surface area contributed by atoms with E-state index in [0.29, 0.717) is 36.2 Å². The van der Waals surface area contributed by atoms with Crippen molar-refractivity contribution in [1.29, 1.82) is 0 Å². The lowest BCUT2D eigenvalue weighted by Gasteiger charge is -2.35. The standard InChI is InChI=1S/C20H28Cl2N2O3/c1-5-23(12-14-8-9-16(21)11-17(14)22)18(25)15-7-6-10-24(13-15)19(26)27-20(2,3)4/h8-9,11,15H,5-7,10,12-13H2,1-4H3.